The molecule has 1 atom stereocenters. The topological polar surface area (TPSA) is 62.3 Å². The molecule has 1 aliphatic heterocycles. The number of nitrogens with zero attached hydrogens (tertiary/aromatic N) is 2. The molecule has 1 fully saturated rings. The highest BCUT2D eigenvalue weighted by Crippen LogP contribution is 2.33. The highest BCUT2D eigenvalue weighted by molar-refractivity contribution is 7.12. The standard InChI is InChI=1S/C18H21N3O2S/c1-12-9-17(24-11-12)18(23)21-8-4-7-16(21)15-6-3-5-14(20-15)10-19-13(2)22/h3,5-6,9,11,16H,4,7-8,10H2,1-2H3,(H,19,22). The zero-order chi connectivity index (χ0) is 17.1. The molecule has 3 rings (SSSR count). The fourth-order valence-corrected chi connectivity index (χ4v) is 3.85. The Morgan fingerprint density at radius 2 is 2.25 bits per heavy atom. The van der Waals surface area contributed by atoms with E-state index in [2.05, 4.69) is 10.3 Å². The Balaban J connectivity index is 1.79. The number of hydrogen-bond donors (Lipinski definition) is 1. The zero-order valence-corrected chi connectivity index (χ0v) is 14.7. The Labute approximate surface area is 145 Å². The van der Waals surface area contributed by atoms with E-state index in [1.165, 1.54) is 18.3 Å². The van der Waals surface area contributed by atoms with Gasteiger partial charge in [-0.3, -0.25) is 14.6 Å². The average Bonchev–Trinajstić information content (AvgIpc) is 3.21. The summed E-state index contributed by atoms with van der Waals surface area (Å²) in [7, 11) is 0. The van der Waals surface area contributed by atoms with Gasteiger partial charge in [0.05, 0.1) is 28.9 Å². The SMILES string of the molecule is CC(=O)NCc1cccc(C2CCCN2C(=O)c2cc(C)cs2)n1. The maximum absolute atomic E-state index is 12.8. The number of nitrogens with one attached hydrogen (secondary N) is 1. The van der Waals surface area contributed by atoms with E-state index in [4.69, 9.17) is 0 Å². The largest absolute Gasteiger partial charge is 0.351 e. The first-order valence-electron chi connectivity index (χ1n) is 8.11. The number of thiophene rings is 1. The second-order valence-electron chi connectivity index (χ2n) is 6.11. The lowest BCUT2D eigenvalue weighted by Gasteiger charge is -2.24. The minimum Gasteiger partial charge on any atom is -0.351 e. The van der Waals surface area contributed by atoms with Gasteiger partial charge in [-0.1, -0.05) is 6.07 Å². The van der Waals surface area contributed by atoms with Crippen LogP contribution in [0.4, 0.5) is 0 Å². The van der Waals surface area contributed by atoms with Crippen molar-refractivity contribution in [1.29, 1.82) is 0 Å². The second kappa shape index (κ2) is 7.13. The number of likely N-dealkylation sites (tertiary alicyclic amines) is 1. The fraction of sp³-hybridized carbons (Fsp3) is 0.389. The summed E-state index contributed by atoms with van der Waals surface area (Å²) in [6, 6.07) is 7.76. The molecular weight excluding hydrogens is 322 g/mol. The highest BCUT2D eigenvalue weighted by atomic mass is 32.1. The van der Waals surface area contributed by atoms with Crippen molar-refractivity contribution in [2.75, 3.05) is 6.54 Å². The predicted octanol–water partition coefficient (Wildman–Crippen LogP) is 3.06. The molecule has 2 aromatic rings. The summed E-state index contributed by atoms with van der Waals surface area (Å²) < 4.78 is 0. The minimum absolute atomic E-state index is 0.0113. The third-order valence-corrected chi connectivity index (χ3v) is 5.18. The second-order valence-corrected chi connectivity index (χ2v) is 7.02. The van der Waals surface area contributed by atoms with Gasteiger partial charge < -0.3 is 10.2 Å². The van der Waals surface area contributed by atoms with Gasteiger partial charge in [0, 0.05) is 13.5 Å². The van der Waals surface area contributed by atoms with Crippen LogP contribution in [0, 0.1) is 6.92 Å². The van der Waals surface area contributed by atoms with Crippen molar-refractivity contribution in [3.8, 4) is 0 Å². The molecule has 2 aromatic heterocycles. The summed E-state index contributed by atoms with van der Waals surface area (Å²) in [4.78, 5) is 31.2. The average molecular weight is 343 g/mol. The molecule has 5 nitrogen and oxygen atoms in total. The highest BCUT2D eigenvalue weighted by Gasteiger charge is 2.32. The van der Waals surface area contributed by atoms with E-state index in [0.717, 1.165) is 41.2 Å². The summed E-state index contributed by atoms with van der Waals surface area (Å²) in [5.74, 6) is 0.0117. The van der Waals surface area contributed by atoms with Gasteiger partial charge in [0.25, 0.3) is 5.91 Å². The number of pyridine rings is 1. The molecule has 1 unspecified atom stereocenters. The first-order chi connectivity index (χ1) is 11.5. The van der Waals surface area contributed by atoms with Crippen molar-refractivity contribution in [3.05, 3.63) is 51.5 Å². The number of aryl methyl sites for hydroxylation is 1. The van der Waals surface area contributed by atoms with Crippen LogP contribution >= 0.6 is 11.3 Å². The van der Waals surface area contributed by atoms with E-state index < -0.39 is 0 Å². The third kappa shape index (κ3) is 3.64. The molecule has 1 aliphatic rings. The van der Waals surface area contributed by atoms with E-state index in [0.29, 0.717) is 6.54 Å². The van der Waals surface area contributed by atoms with Crippen LogP contribution in [0.1, 0.15) is 52.4 Å². The minimum atomic E-state index is -0.0760. The number of rotatable bonds is 4. The van der Waals surface area contributed by atoms with E-state index in [-0.39, 0.29) is 17.9 Å². The van der Waals surface area contributed by atoms with Crippen molar-refractivity contribution >= 4 is 23.2 Å². The molecule has 24 heavy (non-hydrogen) atoms. The fourth-order valence-electron chi connectivity index (χ4n) is 3.00. The third-order valence-electron chi connectivity index (χ3n) is 4.14. The summed E-state index contributed by atoms with van der Waals surface area (Å²) in [6.45, 7) is 4.66. The van der Waals surface area contributed by atoms with Gasteiger partial charge in [0.1, 0.15) is 0 Å². The number of carbonyl (C=O) groups is 2. The van der Waals surface area contributed by atoms with Crippen LogP contribution in [0.3, 0.4) is 0 Å². The van der Waals surface area contributed by atoms with Crippen molar-refractivity contribution in [3.63, 3.8) is 0 Å². The molecule has 0 aliphatic carbocycles. The van der Waals surface area contributed by atoms with Crippen molar-refractivity contribution in [1.82, 2.24) is 15.2 Å². The monoisotopic (exact) mass is 343 g/mol. The molecule has 3 heterocycles. The van der Waals surface area contributed by atoms with Crippen molar-refractivity contribution in [2.45, 2.75) is 39.3 Å². The van der Waals surface area contributed by atoms with Crippen LogP contribution in [0.15, 0.2) is 29.6 Å². The van der Waals surface area contributed by atoms with Gasteiger partial charge in [-0.15, -0.1) is 11.3 Å². The molecule has 0 radical (unpaired) electrons. The van der Waals surface area contributed by atoms with E-state index in [1.807, 2.05) is 41.5 Å². The van der Waals surface area contributed by atoms with E-state index in [1.54, 1.807) is 0 Å². The first-order valence-corrected chi connectivity index (χ1v) is 8.99. The molecule has 0 aromatic carbocycles. The lowest BCUT2D eigenvalue weighted by atomic mass is 10.1. The molecule has 2 amide bonds. The number of amides is 2. The zero-order valence-electron chi connectivity index (χ0n) is 13.9. The Morgan fingerprint density at radius 3 is 2.96 bits per heavy atom. The Kier molecular flexibility index (Phi) is 4.94. The Bertz CT molecular complexity index is 756. The number of aromatic nitrogens is 1. The number of carbonyl (C=O) groups excluding carboxylic acids is 2. The van der Waals surface area contributed by atoms with Crippen molar-refractivity contribution < 1.29 is 9.59 Å². The van der Waals surface area contributed by atoms with Gasteiger partial charge in [-0.2, -0.15) is 0 Å². The van der Waals surface area contributed by atoms with Gasteiger partial charge in [-0.25, -0.2) is 0 Å². The maximum atomic E-state index is 12.8. The van der Waals surface area contributed by atoms with Gasteiger partial charge in [0.15, 0.2) is 0 Å². The smallest absolute Gasteiger partial charge is 0.264 e. The van der Waals surface area contributed by atoms with Gasteiger partial charge >= 0.3 is 0 Å². The molecule has 0 saturated carbocycles. The molecule has 126 valence electrons. The van der Waals surface area contributed by atoms with Crippen LogP contribution in [-0.2, 0) is 11.3 Å². The molecule has 6 heteroatoms. The lowest BCUT2D eigenvalue weighted by Crippen LogP contribution is -2.30. The molecule has 0 spiro atoms. The van der Waals surface area contributed by atoms with E-state index >= 15 is 0 Å². The van der Waals surface area contributed by atoms with E-state index in [9.17, 15) is 9.59 Å². The van der Waals surface area contributed by atoms with Crippen LogP contribution < -0.4 is 5.32 Å². The van der Waals surface area contributed by atoms with Crippen LogP contribution in [-0.4, -0.2) is 28.2 Å². The van der Waals surface area contributed by atoms with Gasteiger partial charge in [0.2, 0.25) is 5.91 Å². The normalized spacial score (nSPS) is 17.1. The summed E-state index contributed by atoms with van der Waals surface area (Å²) in [6.07, 6.45) is 1.91. The summed E-state index contributed by atoms with van der Waals surface area (Å²) in [5, 5.41) is 4.77. The van der Waals surface area contributed by atoms with Crippen LogP contribution in [0.25, 0.3) is 0 Å². The van der Waals surface area contributed by atoms with Crippen LogP contribution in [0.5, 0.6) is 0 Å². The number of hydrogen-bond acceptors (Lipinski definition) is 4. The first kappa shape index (κ1) is 16.6. The Morgan fingerprint density at radius 1 is 1.42 bits per heavy atom. The summed E-state index contributed by atoms with van der Waals surface area (Å²) >= 11 is 1.50. The molecule has 1 saturated heterocycles. The molecular formula is C18H21N3O2S. The van der Waals surface area contributed by atoms with Crippen molar-refractivity contribution in [2.24, 2.45) is 0 Å². The van der Waals surface area contributed by atoms with Crippen LogP contribution in [0.2, 0.25) is 0 Å². The predicted molar refractivity (Wildman–Crippen MR) is 93.8 cm³/mol. The molecule has 0 bridgehead atoms. The Hall–Kier alpha value is -2.21. The lowest BCUT2D eigenvalue weighted by molar-refractivity contribution is -0.119. The summed E-state index contributed by atoms with van der Waals surface area (Å²) in [5.41, 5.74) is 2.83. The maximum Gasteiger partial charge on any atom is 0.264 e. The quantitative estimate of drug-likeness (QED) is 0.928. The van der Waals surface area contributed by atoms with Gasteiger partial charge in [-0.05, 0) is 48.9 Å². The molecule has 1 N–H and O–H groups in total.